The lowest BCUT2D eigenvalue weighted by atomic mass is 10.1. The van der Waals surface area contributed by atoms with Crippen LogP contribution in [0.2, 0.25) is 0 Å². The van der Waals surface area contributed by atoms with Crippen LogP contribution >= 0.6 is 0 Å². The molecule has 2 fully saturated rings. The minimum atomic E-state index is 0.256. The lowest BCUT2D eigenvalue weighted by Gasteiger charge is -2.21. The zero-order chi connectivity index (χ0) is 22.3. The molecule has 2 N–H and O–H groups in total. The first-order valence-corrected chi connectivity index (χ1v) is 11.8. The first-order valence-electron chi connectivity index (χ1n) is 11.8. The van der Waals surface area contributed by atoms with Gasteiger partial charge in [0.05, 0.1) is 0 Å². The van der Waals surface area contributed by atoms with Crippen LogP contribution in [-0.4, -0.2) is 59.6 Å². The van der Waals surface area contributed by atoms with Gasteiger partial charge in [-0.25, -0.2) is 0 Å². The Morgan fingerprint density at radius 1 is 1.22 bits per heavy atom. The fourth-order valence-corrected chi connectivity index (χ4v) is 4.55. The van der Waals surface area contributed by atoms with Gasteiger partial charge in [0.1, 0.15) is 0 Å². The number of guanidine groups is 1. The molecule has 8 heteroatoms. The second kappa shape index (κ2) is 10.6. The molecule has 0 bridgehead atoms. The Morgan fingerprint density at radius 3 is 2.69 bits per heavy atom. The number of aryl methyl sites for hydroxylation is 1. The van der Waals surface area contributed by atoms with Gasteiger partial charge in [-0.1, -0.05) is 37.1 Å². The van der Waals surface area contributed by atoms with E-state index in [2.05, 4.69) is 37.9 Å². The van der Waals surface area contributed by atoms with Gasteiger partial charge >= 0.3 is 0 Å². The third kappa shape index (κ3) is 5.47. The Labute approximate surface area is 189 Å². The summed E-state index contributed by atoms with van der Waals surface area (Å²) in [5, 5.41) is 10.8. The molecule has 1 amide bonds. The maximum absolute atomic E-state index is 12.6. The molecular formula is C24H34N6O2. The summed E-state index contributed by atoms with van der Waals surface area (Å²) in [4.78, 5) is 23.4. The highest BCUT2D eigenvalue weighted by Gasteiger charge is 2.32. The molecule has 1 aromatic carbocycles. The van der Waals surface area contributed by atoms with Crippen molar-refractivity contribution >= 4 is 11.9 Å². The van der Waals surface area contributed by atoms with Crippen LogP contribution in [0.1, 0.15) is 50.4 Å². The van der Waals surface area contributed by atoms with E-state index >= 15 is 0 Å². The number of amides is 1. The molecule has 172 valence electrons. The molecule has 8 nitrogen and oxygen atoms in total. The van der Waals surface area contributed by atoms with Crippen LogP contribution in [0.15, 0.2) is 33.8 Å². The highest BCUT2D eigenvalue weighted by atomic mass is 16.5. The maximum atomic E-state index is 12.6. The van der Waals surface area contributed by atoms with E-state index in [0.29, 0.717) is 11.8 Å². The molecule has 0 spiro atoms. The predicted octanol–water partition coefficient (Wildman–Crippen LogP) is 2.80. The zero-order valence-electron chi connectivity index (χ0n) is 19.1. The first kappa shape index (κ1) is 22.3. The Morgan fingerprint density at radius 2 is 2.00 bits per heavy atom. The van der Waals surface area contributed by atoms with Crippen molar-refractivity contribution in [2.24, 2.45) is 10.9 Å². The minimum absolute atomic E-state index is 0.256. The maximum Gasteiger partial charge on any atom is 0.257 e. The van der Waals surface area contributed by atoms with Gasteiger partial charge in [0, 0.05) is 50.6 Å². The van der Waals surface area contributed by atoms with Gasteiger partial charge in [-0.3, -0.25) is 9.79 Å². The zero-order valence-corrected chi connectivity index (χ0v) is 19.1. The molecule has 2 aliphatic rings. The Balaban J connectivity index is 1.21. The number of hydrogen-bond donors (Lipinski definition) is 2. The van der Waals surface area contributed by atoms with Crippen LogP contribution in [0.25, 0.3) is 11.5 Å². The van der Waals surface area contributed by atoms with Gasteiger partial charge in [0.15, 0.2) is 11.8 Å². The molecule has 2 aromatic rings. The van der Waals surface area contributed by atoms with Gasteiger partial charge in [0.2, 0.25) is 5.91 Å². The summed E-state index contributed by atoms with van der Waals surface area (Å²) < 4.78 is 5.30. The molecule has 2 heterocycles. The Bertz CT molecular complexity index is 917. The number of hydrogen-bond acceptors (Lipinski definition) is 5. The highest BCUT2D eigenvalue weighted by molar-refractivity contribution is 5.81. The van der Waals surface area contributed by atoms with E-state index < -0.39 is 0 Å². The molecular weight excluding hydrogens is 404 g/mol. The number of likely N-dealkylation sites (tertiary alicyclic amines) is 1. The van der Waals surface area contributed by atoms with Crippen molar-refractivity contribution in [1.29, 1.82) is 0 Å². The van der Waals surface area contributed by atoms with Crippen molar-refractivity contribution in [3.05, 3.63) is 35.7 Å². The van der Waals surface area contributed by atoms with E-state index in [1.807, 2.05) is 24.0 Å². The number of carbonyl (C=O) groups is 1. The van der Waals surface area contributed by atoms with E-state index in [9.17, 15) is 4.79 Å². The van der Waals surface area contributed by atoms with E-state index in [-0.39, 0.29) is 12.0 Å². The fraction of sp³-hybridized carbons (Fsp3) is 0.583. The van der Waals surface area contributed by atoms with Gasteiger partial charge in [-0.05, 0) is 43.4 Å². The molecule has 1 atom stereocenters. The number of carbonyl (C=O) groups excluding carboxylic acids is 1. The van der Waals surface area contributed by atoms with Gasteiger partial charge in [-0.15, -0.1) is 0 Å². The van der Waals surface area contributed by atoms with Crippen LogP contribution in [0, 0.1) is 5.92 Å². The molecule has 4 rings (SSSR count). The molecule has 1 aromatic heterocycles. The molecule has 1 saturated heterocycles. The van der Waals surface area contributed by atoms with Crippen LogP contribution in [-0.2, 0) is 17.6 Å². The van der Waals surface area contributed by atoms with Gasteiger partial charge in [-0.2, -0.15) is 4.98 Å². The summed E-state index contributed by atoms with van der Waals surface area (Å²) in [5.74, 6) is 2.68. The van der Waals surface area contributed by atoms with Crippen molar-refractivity contribution in [2.45, 2.75) is 57.9 Å². The lowest BCUT2D eigenvalue weighted by Crippen LogP contribution is -2.45. The van der Waals surface area contributed by atoms with Crippen molar-refractivity contribution in [2.75, 3.05) is 26.7 Å². The summed E-state index contributed by atoms with van der Waals surface area (Å²) in [6, 6.07) is 8.47. The van der Waals surface area contributed by atoms with Crippen molar-refractivity contribution in [3.63, 3.8) is 0 Å². The molecule has 1 aliphatic carbocycles. The van der Waals surface area contributed by atoms with E-state index in [1.54, 1.807) is 7.05 Å². The monoisotopic (exact) mass is 438 g/mol. The predicted molar refractivity (Wildman–Crippen MR) is 124 cm³/mol. The smallest absolute Gasteiger partial charge is 0.257 e. The largest absolute Gasteiger partial charge is 0.356 e. The lowest BCUT2D eigenvalue weighted by molar-refractivity contribution is -0.134. The standard InChI is InChI=1S/C24H34N6O2/c1-3-21-28-22(32-29-21)18-10-8-17(9-11-18)12-14-26-24(25-2)27-20-13-15-30(16-20)23(31)19-6-4-5-7-19/h8-11,19-20H,3-7,12-16H2,1-2H3,(H2,25,26,27). The summed E-state index contributed by atoms with van der Waals surface area (Å²) in [6.45, 7) is 4.40. The van der Waals surface area contributed by atoms with Crippen molar-refractivity contribution < 1.29 is 9.32 Å². The third-order valence-electron chi connectivity index (χ3n) is 6.46. The second-order valence-corrected chi connectivity index (χ2v) is 8.71. The molecule has 32 heavy (non-hydrogen) atoms. The van der Waals surface area contributed by atoms with Gasteiger partial charge < -0.3 is 20.1 Å². The highest BCUT2D eigenvalue weighted by Crippen LogP contribution is 2.27. The van der Waals surface area contributed by atoms with Crippen molar-refractivity contribution in [1.82, 2.24) is 25.7 Å². The average Bonchev–Trinajstić information content (AvgIpc) is 3.60. The van der Waals surface area contributed by atoms with E-state index in [4.69, 9.17) is 4.52 Å². The number of benzene rings is 1. The fourth-order valence-electron chi connectivity index (χ4n) is 4.55. The number of nitrogens with zero attached hydrogens (tertiary/aromatic N) is 4. The Kier molecular flexibility index (Phi) is 7.39. The SMILES string of the molecule is CCc1noc(-c2ccc(CCNC(=NC)NC3CCN(C(=O)C4CCCC4)C3)cc2)n1. The molecule has 1 unspecified atom stereocenters. The summed E-state index contributed by atoms with van der Waals surface area (Å²) in [5.41, 5.74) is 2.16. The number of aliphatic imine (C=N–C) groups is 1. The van der Waals surface area contributed by atoms with Crippen LogP contribution < -0.4 is 10.6 Å². The molecule has 0 radical (unpaired) electrons. The van der Waals surface area contributed by atoms with Crippen LogP contribution in [0.5, 0.6) is 0 Å². The number of aromatic nitrogens is 2. The number of rotatable bonds is 7. The van der Waals surface area contributed by atoms with E-state index in [0.717, 1.165) is 69.1 Å². The summed E-state index contributed by atoms with van der Waals surface area (Å²) >= 11 is 0. The van der Waals surface area contributed by atoms with Crippen LogP contribution in [0.4, 0.5) is 0 Å². The van der Waals surface area contributed by atoms with E-state index in [1.165, 1.54) is 18.4 Å². The van der Waals surface area contributed by atoms with Gasteiger partial charge in [0.25, 0.3) is 5.89 Å². The van der Waals surface area contributed by atoms with Crippen molar-refractivity contribution in [3.8, 4) is 11.5 Å². The summed E-state index contributed by atoms with van der Waals surface area (Å²) in [7, 11) is 1.79. The topological polar surface area (TPSA) is 95.6 Å². The minimum Gasteiger partial charge on any atom is -0.356 e. The second-order valence-electron chi connectivity index (χ2n) is 8.71. The molecule has 1 saturated carbocycles. The normalized spacial score (nSPS) is 19.5. The average molecular weight is 439 g/mol. The quantitative estimate of drug-likeness (QED) is 0.510. The first-order chi connectivity index (χ1) is 15.7. The van der Waals surface area contributed by atoms with Crippen LogP contribution in [0.3, 0.4) is 0 Å². The molecule has 1 aliphatic heterocycles. The third-order valence-corrected chi connectivity index (χ3v) is 6.46. The Hall–Kier alpha value is -2.90. The number of nitrogens with one attached hydrogen (secondary N) is 2. The summed E-state index contributed by atoms with van der Waals surface area (Å²) in [6.07, 6.45) is 7.12.